The fraction of sp³-hybridized carbons (Fsp3) is 0.222. The molecule has 2 aromatic rings. The van der Waals surface area contributed by atoms with E-state index >= 15 is 0 Å². The Bertz CT molecular complexity index is 832. The summed E-state index contributed by atoms with van der Waals surface area (Å²) in [4.78, 5) is 34.4. The van der Waals surface area contributed by atoms with E-state index < -0.39 is 4.92 Å². The molecule has 2 N–H and O–H groups in total. The molecule has 7 nitrogen and oxygen atoms in total. The number of rotatable bonds is 5. The summed E-state index contributed by atoms with van der Waals surface area (Å²) in [7, 11) is 0. The summed E-state index contributed by atoms with van der Waals surface area (Å²) < 4.78 is 0. The lowest BCUT2D eigenvalue weighted by atomic mass is 10.1. The molecule has 3 rings (SSSR count). The number of benzene rings is 2. The molecule has 1 fully saturated rings. The van der Waals surface area contributed by atoms with Crippen LogP contribution >= 0.6 is 0 Å². The normalized spacial score (nSPS) is 18.3. The van der Waals surface area contributed by atoms with Crippen LogP contribution in [0.5, 0.6) is 0 Å². The van der Waals surface area contributed by atoms with E-state index in [1.54, 1.807) is 30.3 Å². The lowest BCUT2D eigenvalue weighted by Crippen LogP contribution is -2.15. The number of nitrogens with zero attached hydrogens (tertiary/aromatic N) is 1. The molecule has 2 amide bonds. The van der Waals surface area contributed by atoms with E-state index in [9.17, 15) is 19.7 Å². The number of amides is 2. The highest BCUT2D eigenvalue weighted by molar-refractivity contribution is 6.04. The molecule has 0 heterocycles. The number of hydrogen-bond donors (Lipinski definition) is 2. The largest absolute Gasteiger partial charge is 0.326 e. The fourth-order valence-electron chi connectivity index (χ4n) is 2.53. The zero-order valence-electron chi connectivity index (χ0n) is 13.6. The Hall–Kier alpha value is -3.22. The zero-order valence-corrected chi connectivity index (χ0v) is 13.6. The standard InChI is InChI=1S/C18H17N3O4/c1-11-9-16(11)18(23)19-13-7-5-12(6-8-13)17(22)20-14-3-2-4-15(10-14)21(24)25/h2-8,10-11,16H,9H2,1H3,(H,19,23)(H,20,22). The number of carbonyl (C=O) groups excluding carboxylic acids is 2. The molecule has 7 heteroatoms. The SMILES string of the molecule is CC1CC1C(=O)Nc1ccc(C(=O)Nc2cccc([N+](=O)[O-])c2)cc1. The van der Waals surface area contributed by atoms with Gasteiger partial charge >= 0.3 is 0 Å². The molecule has 128 valence electrons. The van der Waals surface area contributed by atoms with Crippen molar-refractivity contribution in [2.24, 2.45) is 11.8 Å². The Morgan fingerprint density at radius 2 is 1.76 bits per heavy atom. The highest BCUT2D eigenvalue weighted by Gasteiger charge is 2.39. The lowest BCUT2D eigenvalue weighted by Gasteiger charge is -2.07. The van der Waals surface area contributed by atoms with Gasteiger partial charge in [0.25, 0.3) is 11.6 Å². The van der Waals surface area contributed by atoms with Crippen LogP contribution in [0.25, 0.3) is 0 Å². The molecule has 1 saturated carbocycles. The van der Waals surface area contributed by atoms with Crippen LogP contribution in [0.15, 0.2) is 48.5 Å². The summed E-state index contributed by atoms with van der Waals surface area (Å²) >= 11 is 0. The number of carbonyl (C=O) groups is 2. The van der Waals surface area contributed by atoms with Gasteiger partial charge in [-0.15, -0.1) is 0 Å². The average molecular weight is 339 g/mol. The van der Waals surface area contributed by atoms with E-state index in [0.29, 0.717) is 22.9 Å². The number of nitrogens with one attached hydrogen (secondary N) is 2. The van der Waals surface area contributed by atoms with Gasteiger partial charge in [0.1, 0.15) is 0 Å². The van der Waals surface area contributed by atoms with E-state index in [2.05, 4.69) is 10.6 Å². The first kappa shape index (κ1) is 16.6. The van der Waals surface area contributed by atoms with Crippen molar-refractivity contribution in [3.63, 3.8) is 0 Å². The van der Waals surface area contributed by atoms with Crippen molar-refractivity contribution in [1.29, 1.82) is 0 Å². The van der Waals surface area contributed by atoms with Crippen molar-refractivity contribution in [2.45, 2.75) is 13.3 Å². The molecule has 2 unspecified atom stereocenters. The Morgan fingerprint density at radius 1 is 1.08 bits per heavy atom. The van der Waals surface area contributed by atoms with Crippen LogP contribution in [0.3, 0.4) is 0 Å². The van der Waals surface area contributed by atoms with Crippen molar-refractivity contribution >= 4 is 28.9 Å². The van der Waals surface area contributed by atoms with Crippen LogP contribution in [0.1, 0.15) is 23.7 Å². The predicted molar refractivity (Wildman–Crippen MR) is 93.4 cm³/mol. The summed E-state index contributed by atoms with van der Waals surface area (Å²) in [6.45, 7) is 2.03. The van der Waals surface area contributed by atoms with Crippen LogP contribution in [0, 0.1) is 22.0 Å². The third-order valence-electron chi connectivity index (χ3n) is 4.18. The zero-order chi connectivity index (χ0) is 18.0. The summed E-state index contributed by atoms with van der Waals surface area (Å²) in [5, 5.41) is 16.2. The molecule has 2 atom stereocenters. The minimum Gasteiger partial charge on any atom is -0.326 e. The van der Waals surface area contributed by atoms with Crippen molar-refractivity contribution in [3.05, 3.63) is 64.2 Å². The van der Waals surface area contributed by atoms with Gasteiger partial charge in [0.2, 0.25) is 5.91 Å². The predicted octanol–water partition coefficient (Wildman–Crippen LogP) is 3.44. The monoisotopic (exact) mass is 339 g/mol. The highest BCUT2D eigenvalue weighted by Crippen LogP contribution is 2.38. The van der Waals surface area contributed by atoms with E-state index in [4.69, 9.17) is 0 Å². The lowest BCUT2D eigenvalue weighted by molar-refractivity contribution is -0.384. The molecular formula is C18H17N3O4. The third kappa shape index (κ3) is 4.00. The van der Waals surface area contributed by atoms with Gasteiger partial charge in [-0.05, 0) is 42.7 Å². The molecule has 2 aromatic carbocycles. The molecule has 0 saturated heterocycles. The molecule has 0 radical (unpaired) electrons. The summed E-state index contributed by atoms with van der Waals surface area (Å²) in [5.41, 5.74) is 1.28. The summed E-state index contributed by atoms with van der Waals surface area (Å²) in [5.74, 6) is 0.132. The maximum atomic E-state index is 12.2. The molecule has 0 spiro atoms. The second-order valence-corrected chi connectivity index (χ2v) is 6.15. The maximum absolute atomic E-state index is 12.2. The van der Waals surface area contributed by atoms with Gasteiger partial charge in [-0.1, -0.05) is 13.0 Å². The van der Waals surface area contributed by atoms with E-state index in [1.807, 2.05) is 6.92 Å². The molecule has 25 heavy (non-hydrogen) atoms. The van der Waals surface area contributed by atoms with Crippen LogP contribution < -0.4 is 10.6 Å². The minimum atomic E-state index is -0.520. The molecule has 0 aliphatic heterocycles. The Balaban J connectivity index is 1.63. The van der Waals surface area contributed by atoms with Crippen molar-refractivity contribution in [2.75, 3.05) is 10.6 Å². The van der Waals surface area contributed by atoms with Crippen molar-refractivity contribution in [1.82, 2.24) is 0 Å². The van der Waals surface area contributed by atoms with E-state index in [-0.39, 0.29) is 23.4 Å². The summed E-state index contributed by atoms with van der Waals surface area (Å²) in [6, 6.07) is 12.2. The molecule has 1 aliphatic rings. The van der Waals surface area contributed by atoms with Gasteiger partial charge in [0.05, 0.1) is 4.92 Å². The maximum Gasteiger partial charge on any atom is 0.271 e. The van der Waals surface area contributed by atoms with Crippen molar-refractivity contribution < 1.29 is 14.5 Å². The van der Waals surface area contributed by atoms with Gasteiger partial charge in [-0.25, -0.2) is 0 Å². The van der Waals surface area contributed by atoms with Gasteiger partial charge < -0.3 is 10.6 Å². The molecule has 0 aromatic heterocycles. The first-order chi connectivity index (χ1) is 11.9. The summed E-state index contributed by atoms with van der Waals surface area (Å²) in [6.07, 6.45) is 0.912. The number of anilines is 2. The molecule has 1 aliphatic carbocycles. The smallest absolute Gasteiger partial charge is 0.271 e. The first-order valence-corrected chi connectivity index (χ1v) is 7.91. The number of non-ortho nitro benzene ring substituents is 1. The Labute approximate surface area is 144 Å². The number of nitro benzene ring substituents is 1. The second-order valence-electron chi connectivity index (χ2n) is 6.15. The minimum absolute atomic E-state index is 0.00120. The van der Waals surface area contributed by atoms with Gasteiger partial charge in [0.15, 0.2) is 0 Å². The van der Waals surface area contributed by atoms with Crippen LogP contribution in [-0.2, 0) is 4.79 Å². The van der Waals surface area contributed by atoms with Gasteiger partial charge in [0, 0.05) is 35.0 Å². The first-order valence-electron chi connectivity index (χ1n) is 7.91. The Kier molecular flexibility index (Phi) is 4.47. The van der Waals surface area contributed by atoms with E-state index in [0.717, 1.165) is 6.42 Å². The number of nitro groups is 1. The van der Waals surface area contributed by atoms with Gasteiger partial charge in [-0.2, -0.15) is 0 Å². The molecule has 0 bridgehead atoms. The van der Waals surface area contributed by atoms with Crippen LogP contribution in [0.4, 0.5) is 17.1 Å². The number of hydrogen-bond acceptors (Lipinski definition) is 4. The Morgan fingerprint density at radius 3 is 2.36 bits per heavy atom. The molecular weight excluding hydrogens is 322 g/mol. The fourth-order valence-corrected chi connectivity index (χ4v) is 2.53. The van der Waals surface area contributed by atoms with Crippen LogP contribution in [-0.4, -0.2) is 16.7 Å². The van der Waals surface area contributed by atoms with Crippen LogP contribution in [0.2, 0.25) is 0 Å². The van der Waals surface area contributed by atoms with Crippen molar-refractivity contribution in [3.8, 4) is 0 Å². The topological polar surface area (TPSA) is 101 Å². The second kappa shape index (κ2) is 6.72. The third-order valence-corrected chi connectivity index (χ3v) is 4.18. The quantitative estimate of drug-likeness (QED) is 0.643. The van der Waals surface area contributed by atoms with E-state index in [1.165, 1.54) is 18.2 Å². The highest BCUT2D eigenvalue weighted by atomic mass is 16.6. The van der Waals surface area contributed by atoms with Gasteiger partial charge in [-0.3, -0.25) is 19.7 Å². The average Bonchev–Trinajstić information content (AvgIpc) is 3.32.